The van der Waals surface area contributed by atoms with Crippen LogP contribution in [0.1, 0.15) is 33.3 Å². The molecule has 10 nitrogen and oxygen atoms in total. The molecule has 2 rings (SSSR count). The molecule has 5 unspecified atom stereocenters. The molecule has 196 valence electrons. The molecule has 0 bridgehead atoms. The minimum Gasteiger partial charge on any atom is -0.463 e. The maximum Gasteiger partial charge on any atom is 0.332 e. The van der Waals surface area contributed by atoms with Gasteiger partial charge in [0.05, 0.1) is 38.6 Å². The van der Waals surface area contributed by atoms with E-state index in [9.17, 15) is 14.4 Å². The van der Waals surface area contributed by atoms with Crippen molar-refractivity contribution in [2.75, 3.05) is 39.6 Å². The summed E-state index contributed by atoms with van der Waals surface area (Å²) in [5, 5.41) is 2.90. The third-order valence-electron chi connectivity index (χ3n) is 5.75. The number of carbonyl (C=O) groups excluding carboxylic acids is 3. The van der Waals surface area contributed by atoms with Gasteiger partial charge < -0.3 is 33.7 Å². The Balaban J connectivity index is 1.64. The van der Waals surface area contributed by atoms with Crippen LogP contribution in [-0.4, -0.2) is 75.9 Å². The van der Waals surface area contributed by atoms with Gasteiger partial charge in [-0.3, -0.25) is 9.59 Å². The molecule has 1 aliphatic rings. The van der Waals surface area contributed by atoms with Crippen molar-refractivity contribution in [2.45, 2.75) is 52.7 Å². The lowest BCUT2D eigenvalue weighted by Crippen LogP contribution is -2.58. The summed E-state index contributed by atoms with van der Waals surface area (Å²) >= 11 is 0. The highest BCUT2D eigenvalue weighted by atomic mass is 16.7. The van der Waals surface area contributed by atoms with Gasteiger partial charge in [-0.2, -0.15) is 0 Å². The highest BCUT2D eigenvalue weighted by Crippen LogP contribution is 2.31. The normalized spacial score (nSPS) is 23.9. The molecule has 0 saturated carbocycles. The largest absolute Gasteiger partial charge is 0.463 e. The van der Waals surface area contributed by atoms with Crippen LogP contribution in [0.2, 0.25) is 0 Å². The average Bonchev–Trinajstić information content (AvgIpc) is 2.83. The predicted octanol–water partition coefficient (Wildman–Crippen LogP) is 1.84. The molecule has 1 amide bonds. The SMILES string of the molecule is CC(=O)NC1C(OCCOCCOCC(=O)OCc2ccccc2)OC(COC(C)=O)C(C)C1C. The standard InChI is InChI=1S/C25H37NO9/c1-17-18(2)24(26-19(3)27)25(35-22(17)15-33-20(4)28)32-13-12-30-10-11-31-16-23(29)34-14-21-8-6-5-7-9-21/h5-9,17-18,22,24-25H,10-16H2,1-4H3,(H,26,27). The number of benzene rings is 1. The summed E-state index contributed by atoms with van der Waals surface area (Å²) < 4.78 is 32.9. The van der Waals surface area contributed by atoms with Crippen LogP contribution in [0.25, 0.3) is 0 Å². The van der Waals surface area contributed by atoms with Crippen molar-refractivity contribution in [3.8, 4) is 0 Å². The molecule has 1 aromatic rings. The van der Waals surface area contributed by atoms with Crippen LogP contribution in [0.5, 0.6) is 0 Å². The van der Waals surface area contributed by atoms with Crippen LogP contribution in [0.4, 0.5) is 0 Å². The van der Waals surface area contributed by atoms with Crippen LogP contribution >= 0.6 is 0 Å². The Kier molecular flexibility index (Phi) is 12.7. The van der Waals surface area contributed by atoms with E-state index in [1.807, 2.05) is 44.2 Å². The first-order valence-corrected chi connectivity index (χ1v) is 11.8. The molecule has 1 fully saturated rings. The lowest BCUT2D eigenvalue weighted by molar-refractivity contribution is -0.247. The Morgan fingerprint density at radius 3 is 2.29 bits per heavy atom. The number of hydrogen-bond donors (Lipinski definition) is 1. The van der Waals surface area contributed by atoms with Gasteiger partial charge in [-0.25, -0.2) is 4.79 Å². The Morgan fingerprint density at radius 1 is 0.914 bits per heavy atom. The summed E-state index contributed by atoms with van der Waals surface area (Å²) in [6.45, 7) is 7.96. The van der Waals surface area contributed by atoms with Crippen molar-refractivity contribution in [2.24, 2.45) is 11.8 Å². The number of rotatable bonds is 14. The van der Waals surface area contributed by atoms with Crippen LogP contribution in [0.3, 0.4) is 0 Å². The molecule has 1 saturated heterocycles. The molecule has 0 aliphatic carbocycles. The first-order chi connectivity index (χ1) is 16.8. The monoisotopic (exact) mass is 495 g/mol. The minimum absolute atomic E-state index is 0.0363. The molecule has 35 heavy (non-hydrogen) atoms. The van der Waals surface area contributed by atoms with Gasteiger partial charge in [0, 0.05) is 13.8 Å². The van der Waals surface area contributed by atoms with Crippen molar-refractivity contribution in [3.05, 3.63) is 35.9 Å². The summed E-state index contributed by atoms with van der Waals surface area (Å²) in [6, 6.07) is 9.06. The van der Waals surface area contributed by atoms with E-state index in [0.717, 1.165) is 5.56 Å². The van der Waals surface area contributed by atoms with Crippen LogP contribution in [-0.2, 0) is 49.4 Å². The van der Waals surface area contributed by atoms with E-state index in [1.54, 1.807) is 0 Å². The van der Waals surface area contributed by atoms with E-state index < -0.39 is 12.3 Å². The van der Waals surface area contributed by atoms with E-state index >= 15 is 0 Å². The summed E-state index contributed by atoms with van der Waals surface area (Å²) in [4.78, 5) is 34.6. The van der Waals surface area contributed by atoms with Gasteiger partial charge in [0.25, 0.3) is 0 Å². The smallest absolute Gasteiger partial charge is 0.332 e. The van der Waals surface area contributed by atoms with E-state index in [1.165, 1.54) is 13.8 Å². The Morgan fingerprint density at radius 2 is 1.60 bits per heavy atom. The van der Waals surface area contributed by atoms with E-state index in [4.69, 9.17) is 28.4 Å². The van der Waals surface area contributed by atoms with Crippen molar-refractivity contribution in [3.63, 3.8) is 0 Å². The first kappa shape index (κ1) is 28.7. The third-order valence-corrected chi connectivity index (χ3v) is 5.75. The summed E-state index contributed by atoms with van der Waals surface area (Å²) in [5.41, 5.74) is 0.911. The molecule has 0 radical (unpaired) electrons. The van der Waals surface area contributed by atoms with E-state index in [-0.39, 0.29) is 82.1 Å². The fraction of sp³-hybridized carbons (Fsp3) is 0.640. The minimum atomic E-state index is -0.704. The summed E-state index contributed by atoms with van der Waals surface area (Å²) in [7, 11) is 0. The van der Waals surface area contributed by atoms with Crippen LogP contribution < -0.4 is 5.32 Å². The third kappa shape index (κ3) is 10.7. The number of carbonyl (C=O) groups is 3. The van der Waals surface area contributed by atoms with Gasteiger partial charge in [-0.1, -0.05) is 44.2 Å². The van der Waals surface area contributed by atoms with E-state index in [2.05, 4.69) is 5.32 Å². The van der Waals surface area contributed by atoms with Crippen molar-refractivity contribution in [1.82, 2.24) is 5.32 Å². The Bertz CT molecular complexity index is 786. The predicted molar refractivity (Wildman–Crippen MR) is 125 cm³/mol. The van der Waals surface area contributed by atoms with Crippen molar-refractivity contribution < 1.29 is 42.8 Å². The molecule has 5 atom stereocenters. The second-order valence-electron chi connectivity index (χ2n) is 8.47. The number of esters is 2. The van der Waals surface area contributed by atoms with Crippen molar-refractivity contribution in [1.29, 1.82) is 0 Å². The zero-order chi connectivity index (χ0) is 25.6. The highest BCUT2D eigenvalue weighted by Gasteiger charge is 2.42. The van der Waals surface area contributed by atoms with Gasteiger partial charge in [0.2, 0.25) is 5.91 Å². The molecular formula is C25H37NO9. The molecule has 10 heteroatoms. The quantitative estimate of drug-likeness (QED) is 0.305. The average molecular weight is 496 g/mol. The van der Waals surface area contributed by atoms with Gasteiger partial charge in [-0.15, -0.1) is 0 Å². The lowest BCUT2D eigenvalue weighted by atomic mass is 9.82. The topological polar surface area (TPSA) is 119 Å². The Labute approximate surface area is 206 Å². The summed E-state index contributed by atoms with van der Waals surface area (Å²) in [6.07, 6.45) is -1.05. The molecule has 1 heterocycles. The second kappa shape index (κ2) is 15.5. The number of nitrogens with one attached hydrogen (secondary N) is 1. The molecule has 1 N–H and O–H groups in total. The molecule has 0 spiro atoms. The van der Waals surface area contributed by atoms with Crippen molar-refractivity contribution >= 4 is 17.8 Å². The molecule has 0 aromatic heterocycles. The number of ether oxygens (including phenoxy) is 6. The zero-order valence-corrected chi connectivity index (χ0v) is 20.9. The number of hydrogen-bond acceptors (Lipinski definition) is 9. The first-order valence-electron chi connectivity index (χ1n) is 11.8. The maximum atomic E-state index is 11.7. The molecule has 1 aromatic carbocycles. The Hall–Kier alpha value is -2.53. The zero-order valence-electron chi connectivity index (χ0n) is 20.9. The molecular weight excluding hydrogens is 458 g/mol. The highest BCUT2D eigenvalue weighted by molar-refractivity contribution is 5.73. The van der Waals surface area contributed by atoms with Gasteiger partial charge >= 0.3 is 11.9 Å². The van der Waals surface area contributed by atoms with Gasteiger partial charge in [0.1, 0.15) is 19.8 Å². The maximum absolute atomic E-state index is 11.7. The van der Waals surface area contributed by atoms with Gasteiger partial charge in [-0.05, 0) is 17.4 Å². The fourth-order valence-corrected chi connectivity index (χ4v) is 3.64. The molecule has 1 aliphatic heterocycles. The van der Waals surface area contributed by atoms with Crippen LogP contribution in [0, 0.1) is 11.8 Å². The second-order valence-corrected chi connectivity index (χ2v) is 8.47. The van der Waals surface area contributed by atoms with Crippen LogP contribution in [0.15, 0.2) is 30.3 Å². The summed E-state index contributed by atoms with van der Waals surface area (Å²) in [5.74, 6) is -0.925. The fourth-order valence-electron chi connectivity index (χ4n) is 3.64. The number of amides is 1. The van der Waals surface area contributed by atoms with E-state index in [0.29, 0.717) is 0 Å². The van der Waals surface area contributed by atoms with Gasteiger partial charge in [0.15, 0.2) is 6.29 Å². The lowest BCUT2D eigenvalue weighted by Gasteiger charge is -2.44.